The fraction of sp³-hybridized carbons (Fsp3) is 0.350. The van der Waals surface area contributed by atoms with E-state index in [9.17, 15) is 13.2 Å². The molecule has 2 fully saturated rings. The van der Waals surface area contributed by atoms with Crippen LogP contribution in [0.25, 0.3) is 11.0 Å². The summed E-state index contributed by atoms with van der Waals surface area (Å²) in [5, 5.41) is 6.20. The van der Waals surface area contributed by atoms with Gasteiger partial charge < -0.3 is 19.5 Å². The zero-order valence-electron chi connectivity index (χ0n) is 16.9. The molecule has 0 saturated carbocycles. The molecule has 2 atom stereocenters. The van der Waals surface area contributed by atoms with Crippen molar-refractivity contribution in [2.24, 2.45) is 5.14 Å². The normalized spacial score (nSPS) is 21.0. The third-order valence-corrected chi connectivity index (χ3v) is 7.02. The van der Waals surface area contributed by atoms with Gasteiger partial charge in [-0.1, -0.05) is 0 Å². The lowest BCUT2D eigenvalue weighted by atomic mass is 10.1. The summed E-state index contributed by atoms with van der Waals surface area (Å²) in [6.45, 7) is 1.35. The maximum absolute atomic E-state index is 13.3. The first-order valence-electron chi connectivity index (χ1n) is 9.93. The number of hydrogen-bond donors (Lipinski definition) is 2. The molecule has 0 spiro atoms. The third-order valence-electron chi connectivity index (χ3n) is 6.07. The number of sulfonamides is 1. The van der Waals surface area contributed by atoms with Gasteiger partial charge >= 0.3 is 0 Å². The highest BCUT2D eigenvalue weighted by Crippen LogP contribution is 2.35. The van der Waals surface area contributed by atoms with Crippen molar-refractivity contribution in [1.82, 2.24) is 19.9 Å². The number of benzene rings is 1. The molecule has 2 aliphatic rings. The number of fused-ring (bicyclic) bond motifs is 3. The number of H-pyrrole nitrogens is 1. The number of aromatic amines is 1. The lowest BCUT2D eigenvalue weighted by Crippen LogP contribution is -2.56. The van der Waals surface area contributed by atoms with E-state index in [1.807, 2.05) is 17.2 Å². The van der Waals surface area contributed by atoms with Gasteiger partial charge in [0.1, 0.15) is 28.4 Å². The fourth-order valence-electron chi connectivity index (χ4n) is 4.70. The molecule has 11 heteroatoms. The highest BCUT2D eigenvalue weighted by molar-refractivity contribution is 7.89. The number of hydrogen-bond acceptors (Lipinski definition) is 7. The minimum absolute atomic E-state index is 0.0409. The Labute approximate surface area is 179 Å². The van der Waals surface area contributed by atoms with Crippen LogP contribution in [0.3, 0.4) is 0 Å². The van der Waals surface area contributed by atoms with Crippen LogP contribution in [0.2, 0.25) is 0 Å². The van der Waals surface area contributed by atoms with Gasteiger partial charge in [0.05, 0.1) is 24.6 Å². The Morgan fingerprint density at radius 1 is 1.19 bits per heavy atom. The zero-order chi connectivity index (χ0) is 21.8. The average Bonchev–Trinajstić information content (AvgIpc) is 3.33. The van der Waals surface area contributed by atoms with Crippen LogP contribution in [0.5, 0.6) is 5.75 Å². The van der Waals surface area contributed by atoms with Gasteiger partial charge in [-0.25, -0.2) is 23.5 Å². The number of methoxy groups -OCH3 is 1. The first-order chi connectivity index (χ1) is 14.9. The second-order valence-corrected chi connectivity index (χ2v) is 9.38. The second-order valence-electron chi connectivity index (χ2n) is 7.85. The second kappa shape index (κ2) is 7.20. The molecule has 1 aromatic carbocycles. The summed E-state index contributed by atoms with van der Waals surface area (Å²) in [6.07, 6.45) is 5.20. The molecule has 0 radical (unpaired) electrons. The molecule has 2 aromatic heterocycles. The van der Waals surface area contributed by atoms with Crippen LogP contribution in [-0.4, -0.2) is 66.5 Å². The molecule has 5 rings (SSSR count). The van der Waals surface area contributed by atoms with E-state index in [2.05, 4.69) is 19.9 Å². The SMILES string of the molecule is COc1cc(C(=O)N2C3CCC2CN(c2ncnc4[nH]ccc24)C3)ccc1S(N)(=O)=O. The van der Waals surface area contributed by atoms with Crippen molar-refractivity contribution in [1.29, 1.82) is 0 Å². The summed E-state index contributed by atoms with van der Waals surface area (Å²) in [4.78, 5) is 29.2. The standard InChI is InChI=1S/C20H22N6O4S/c1-30-16-8-12(2-5-17(16)31(21,28)29)20(27)26-13-3-4-14(26)10-25(9-13)19-15-6-7-22-18(15)23-11-24-19/h2,5-8,11,13-14H,3-4,9-10H2,1H3,(H2,21,28,29)(H,22,23,24). The van der Waals surface area contributed by atoms with Crippen molar-refractivity contribution in [3.05, 3.63) is 42.4 Å². The Morgan fingerprint density at radius 3 is 2.61 bits per heavy atom. The average molecular weight is 443 g/mol. The third kappa shape index (κ3) is 3.29. The molecule has 2 aliphatic heterocycles. The molecule has 3 aromatic rings. The Balaban J connectivity index is 1.42. The van der Waals surface area contributed by atoms with Crippen molar-refractivity contribution in [2.45, 2.75) is 29.8 Å². The van der Waals surface area contributed by atoms with Gasteiger partial charge in [-0.05, 0) is 37.1 Å². The maximum Gasteiger partial charge on any atom is 0.254 e. The van der Waals surface area contributed by atoms with Gasteiger partial charge in [0.2, 0.25) is 10.0 Å². The molecular formula is C20H22N6O4S. The number of rotatable bonds is 4. The number of nitrogens with one attached hydrogen (secondary N) is 1. The quantitative estimate of drug-likeness (QED) is 0.618. The summed E-state index contributed by atoms with van der Waals surface area (Å²) >= 11 is 0. The van der Waals surface area contributed by atoms with Crippen molar-refractivity contribution in [3.8, 4) is 5.75 Å². The van der Waals surface area contributed by atoms with Crippen LogP contribution in [0.1, 0.15) is 23.2 Å². The number of amides is 1. The molecule has 31 heavy (non-hydrogen) atoms. The summed E-state index contributed by atoms with van der Waals surface area (Å²) in [5.41, 5.74) is 1.17. The molecular weight excluding hydrogens is 420 g/mol. The van der Waals surface area contributed by atoms with Gasteiger partial charge in [-0.3, -0.25) is 4.79 Å². The minimum Gasteiger partial charge on any atom is -0.495 e. The smallest absolute Gasteiger partial charge is 0.254 e. The van der Waals surface area contributed by atoms with Gasteiger partial charge in [0.15, 0.2) is 0 Å². The highest BCUT2D eigenvalue weighted by Gasteiger charge is 2.43. The topological polar surface area (TPSA) is 135 Å². The van der Waals surface area contributed by atoms with Crippen molar-refractivity contribution in [2.75, 3.05) is 25.1 Å². The first kappa shape index (κ1) is 19.8. The van der Waals surface area contributed by atoms with Crippen molar-refractivity contribution in [3.63, 3.8) is 0 Å². The van der Waals surface area contributed by atoms with Crippen LogP contribution >= 0.6 is 0 Å². The van der Waals surface area contributed by atoms with E-state index in [4.69, 9.17) is 9.88 Å². The van der Waals surface area contributed by atoms with E-state index in [0.717, 1.165) is 29.7 Å². The Kier molecular flexibility index (Phi) is 4.59. The Bertz CT molecular complexity index is 1260. The number of aromatic nitrogens is 3. The predicted molar refractivity (Wildman–Crippen MR) is 113 cm³/mol. The number of ether oxygens (including phenoxy) is 1. The number of carbonyl (C=O) groups excluding carboxylic acids is 1. The van der Waals surface area contributed by atoms with Gasteiger partial charge in [-0.2, -0.15) is 0 Å². The molecule has 2 saturated heterocycles. The Morgan fingerprint density at radius 2 is 1.94 bits per heavy atom. The molecule has 10 nitrogen and oxygen atoms in total. The summed E-state index contributed by atoms with van der Waals surface area (Å²) in [5.74, 6) is 0.797. The van der Waals surface area contributed by atoms with E-state index >= 15 is 0 Å². The number of piperazine rings is 1. The molecule has 162 valence electrons. The van der Waals surface area contributed by atoms with E-state index in [-0.39, 0.29) is 28.6 Å². The van der Waals surface area contributed by atoms with E-state index in [1.165, 1.54) is 25.3 Å². The van der Waals surface area contributed by atoms with Crippen LogP contribution in [0.15, 0.2) is 41.7 Å². The number of carbonyl (C=O) groups is 1. The van der Waals surface area contributed by atoms with Crippen LogP contribution in [0, 0.1) is 0 Å². The lowest BCUT2D eigenvalue weighted by Gasteiger charge is -2.41. The van der Waals surface area contributed by atoms with Crippen LogP contribution in [0.4, 0.5) is 5.82 Å². The highest BCUT2D eigenvalue weighted by atomic mass is 32.2. The minimum atomic E-state index is -3.94. The zero-order valence-corrected chi connectivity index (χ0v) is 17.7. The van der Waals surface area contributed by atoms with Crippen LogP contribution in [-0.2, 0) is 10.0 Å². The predicted octanol–water partition coefficient (Wildman–Crippen LogP) is 1.11. The van der Waals surface area contributed by atoms with Crippen molar-refractivity contribution < 1.29 is 17.9 Å². The van der Waals surface area contributed by atoms with Gasteiger partial charge in [0.25, 0.3) is 5.91 Å². The first-order valence-corrected chi connectivity index (χ1v) is 11.5. The number of anilines is 1. The number of nitrogens with zero attached hydrogens (tertiary/aromatic N) is 4. The van der Waals surface area contributed by atoms with Gasteiger partial charge in [0, 0.05) is 24.8 Å². The maximum atomic E-state index is 13.3. The molecule has 0 aliphatic carbocycles. The largest absolute Gasteiger partial charge is 0.495 e. The molecule has 3 N–H and O–H groups in total. The number of primary sulfonamides is 1. The number of nitrogens with two attached hydrogens (primary N) is 1. The molecule has 2 bridgehead atoms. The lowest BCUT2D eigenvalue weighted by molar-refractivity contribution is 0.0640. The molecule has 4 heterocycles. The summed E-state index contributed by atoms with van der Waals surface area (Å²) in [6, 6.07) is 6.30. The van der Waals surface area contributed by atoms with E-state index in [0.29, 0.717) is 18.7 Å². The van der Waals surface area contributed by atoms with Crippen molar-refractivity contribution >= 4 is 32.8 Å². The molecule has 2 unspecified atom stereocenters. The summed E-state index contributed by atoms with van der Waals surface area (Å²) < 4.78 is 28.6. The van der Waals surface area contributed by atoms with E-state index in [1.54, 1.807) is 6.33 Å². The monoisotopic (exact) mass is 442 g/mol. The molecule has 1 amide bonds. The van der Waals surface area contributed by atoms with Crippen LogP contribution < -0.4 is 14.8 Å². The van der Waals surface area contributed by atoms with Gasteiger partial charge in [-0.15, -0.1) is 0 Å². The summed E-state index contributed by atoms with van der Waals surface area (Å²) in [7, 11) is -2.59. The Hall–Kier alpha value is -3.18. The fourth-order valence-corrected chi connectivity index (χ4v) is 5.38. The van der Waals surface area contributed by atoms with E-state index < -0.39 is 10.0 Å².